The molecule has 0 aromatic carbocycles. The molecule has 3 heteroatoms. The zero-order valence-corrected chi connectivity index (χ0v) is 23.0. The zero-order valence-electron chi connectivity index (χ0n) is 23.0. The fourth-order valence-corrected chi connectivity index (χ4v) is 8.59. The lowest BCUT2D eigenvalue weighted by Gasteiger charge is -2.55. The van der Waals surface area contributed by atoms with Crippen LogP contribution in [0.5, 0.6) is 0 Å². The van der Waals surface area contributed by atoms with Gasteiger partial charge in [-0.25, -0.2) is 0 Å². The van der Waals surface area contributed by atoms with Crippen molar-refractivity contribution in [2.45, 2.75) is 118 Å². The Balaban J connectivity index is 1.74. The Hall–Kier alpha value is -0.900. The minimum atomic E-state index is -0.797. The van der Waals surface area contributed by atoms with E-state index in [9.17, 15) is 10.2 Å². The van der Waals surface area contributed by atoms with Gasteiger partial charge in [-0.3, -0.25) is 0 Å². The SMILES string of the molecule is CC(C)=C/C=C/[C@@H](C)[C@H]1CC[C@@]2(C)C/C=C\[C@@]34OC(O)[C@](C)(CC[C@]12C)C3CC[C@H](O)C4(C)C. The van der Waals surface area contributed by atoms with E-state index in [1.807, 2.05) is 0 Å². The molecule has 34 heavy (non-hydrogen) atoms. The van der Waals surface area contributed by atoms with E-state index in [1.54, 1.807) is 0 Å². The molecule has 0 spiro atoms. The number of hydrogen-bond donors (Lipinski definition) is 2. The monoisotopic (exact) mass is 470 g/mol. The van der Waals surface area contributed by atoms with Gasteiger partial charge in [0.15, 0.2) is 6.29 Å². The Morgan fingerprint density at radius 3 is 2.38 bits per heavy atom. The van der Waals surface area contributed by atoms with Gasteiger partial charge < -0.3 is 14.9 Å². The lowest BCUT2D eigenvalue weighted by atomic mass is 9.50. The molecule has 0 aromatic heterocycles. The van der Waals surface area contributed by atoms with Crippen molar-refractivity contribution in [3.05, 3.63) is 36.0 Å². The van der Waals surface area contributed by atoms with Crippen molar-refractivity contribution >= 4 is 0 Å². The summed E-state index contributed by atoms with van der Waals surface area (Å²) in [6.45, 7) is 18.3. The van der Waals surface area contributed by atoms with Crippen LogP contribution in [0.1, 0.15) is 100 Å². The number of aliphatic hydroxyl groups excluding tert-OH is 2. The maximum Gasteiger partial charge on any atom is 0.161 e. The molecule has 4 rings (SSSR count). The third kappa shape index (κ3) is 3.63. The van der Waals surface area contributed by atoms with Gasteiger partial charge in [0.1, 0.15) is 5.60 Å². The molecule has 0 aromatic rings. The van der Waals surface area contributed by atoms with Crippen LogP contribution < -0.4 is 0 Å². The first kappa shape index (κ1) is 26.2. The Kier molecular flexibility index (Phi) is 6.62. The predicted octanol–water partition coefficient (Wildman–Crippen LogP) is 7.20. The molecule has 9 atom stereocenters. The number of allylic oxidation sites excluding steroid dienone is 5. The second-order valence-electron chi connectivity index (χ2n) is 13.9. The molecule has 1 saturated heterocycles. The predicted molar refractivity (Wildman–Crippen MR) is 140 cm³/mol. The lowest BCUT2D eigenvalue weighted by molar-refractivity contribution is -0.205. The van der Waals surface area contributed by atoms with Crippen LogP contribution in [-0.2, 0) is 4.74 Å². The van der Waals surface area contributed by atoms with Gasteiger partial charge in [-0.2, -0.15) is 0 Å². The van der Waals surface area contributed by atoms with Gasteiger partial charge in [0.05, 0.1) is 6.10 Å². The van der Waals surface area contributed by atoms with E-state index in [1.165, 1.54) is 18.4 Å². The quantitative estimate of drug-likeness (QED) is 0.339. The lowest BCUT2D eigenvalue weighted by Crippen LogP contribution is -2.59. The minimum absolute atomic E-state index is 0.196. The first-order valence-electron chi connectivity index (χ1n) is 13.8. The molecule has 0 amide bonds. The van der Waals surface area contributed by atoms with E-state index in [2.05, 4.69) is 85.8 Å². The number of ether oxygens (including phenoxy) is 1. The number of fused-ring (bicyclic) bond motifs is 1. The second-order valence-corrected chi connectivity index (χ2v) is 13.9. The van der Waals surface area contributed by atoms with Crippen LogP contribution in [0.25, 0.3) is 0 Å². The van der Waals surface area contributed by atoms with Gasteiger partial charge in [0.2, 0.25) is 0 Å². The molecule has 192 valence electrons. The van der Waals surface area contributed by atoms with Crippen molar-refractivity contribution < 1.29 is 14.9 Å². The van der Waals surface area contributed by atoms with Gasteiger partial charge in [0.25, 0.3) is 0 Å². The maximum atomic E-state index is 11.4. The molecule has 3 aliphatic carbocycles. The molecule has 2 saturated carbocycles. The highest BCUT2D eigenvalue weighted by Crippen LogP contribution is 2.68. The van der Waals surface area contributed by atoms with E-state index in [4.69, 9.17) is 4.74 Å². The average molecular weight is 471 g/mol. The summed E-state index contributed by atoms with van der Waals surface area (Å²) in [6.07, 6.45) is 17.6. The summed E-state index contributed by atoms with van der Waals surface area (Å²) in [4.78, 5) is 0. The summed E-state index contributed by atoms with van der Waals surface area (Å²) in [5.41, 5.74) is 0.396. The third-order valence-electron chi connectivity index (χ3n) is 11.6. The summed E-state index contributed by atoms with van der Waals surface area (Å²) >= 11 is 0. The second kappa shape index (κ2) is 8.60. The summed E-state index contributed by atoms with van der Waals surface area (Å²) in [6, 6.07) is 0. The summed E-state index contributed by atoms with van der Waals surface area (Å²) in [7, 11) is 0. The molecular weight excluding hydrogens is 420 g/mol. The van der Waals surface area contributed by atoms with E-state index < -0.39 is 23.4 Å². The van der Waals surface area contributed by atoms with E-state index >= 15 is 0 Å². The van der Waals surface area contributed by atoms with Crippen molar-refractivity contribution in [3.63, 3.8) is 0 Å². The van der Waals surface area contributed by atoms with Gasteiger partial charge in [-0.1, -0.05) is 77.5 Å². The first-order valence-corrected chi connectivity index (χ1v) is 13.8. The molecule has 2 unspecified atom stereocenters. The van der Waals surface area contributed by atoms with Crippen molar-refractivity contribution in [1.82, 2.24) is 0 Å². The molecule has 3 nitrogen and oxygen atoms in total. The zero-order chi connectivity index (χ0) is 25.2. The van der Waals surface area contributed by atoms with Crippen LogP contribution in [0.3, 0.4) is 0 Å². The fourth-order valence-electron chi connectivity index (χ4n) is 8.59. The molecule has 2 N–H and O–H groups in total. The summed E-state index contributed by atoms with van der Waals surface area (Å²) in [5.74, 6) is 1.37. The highest BCUT2D eigenvalue weighted by atomic mass is 16.6. The van der Waals surface area contributed by atoms with Crippen molar-refractivity contribution in [3.8, 4) is 0 Å². The fraction of sp³-hybridized carbons (Fsp3) is 0.806. The highest BCUT2D eigenvalue weighted by Gasteiger charge is 2.69. The Labute approximate surface area is 208 Å². The highest BCUT2D eigenvalue weighted by molar-refractivity contribution is 5.25. The normalized spacial score (nSPS) is 49.8. The topological polar surface area (TPSA) is 49.7 Å². The summed E-state index contributed by atoms with van der Waals surface area (Å²) < 4.78 is 6.57. The van der Waals surface area contributed by atoms with Crippen molar-refractivity contribution in [1.29, 1.82) is 0 Å². The van der Waals surface area contributed by atoms with Crippen LogP contribution in [-0.4, -0.2) is 28.2 Å². The van der Waals surface area contributed by atoms with Crippen molar-refractivity contribution in [2.75, 3.05) is 0 Å². The minimum Gasteiger partial charge on any atom is -0.392 e. The number of aliphatic hydroxyl groups is 2. The molecule has 4 aliphatic rings. The first-order chi connectivity index (χ1) is 15.7. The largest absolute Gasteiger partial charge is 0.392 e. The Morgan fingerprint density at radius 2 is 1.71 bits per heavy atom. The number of hydrogen-bond acceptors (Lipinski definition) is 3. The molecule has 3 fully saturated rings. The molecular formula is C31H50O3. The van der Waals surface area contributed by atoms with Crippen LogP contribution in [0.4, 0.5) is 0 Å². The van der Waals surface area contributed by atoms with E-state index in [-0.39, 0.29) is 22.2 Å². The third-order valence-corrected chi connectivity index (χ3v) is 11.6. The molecule has 0 radical (unpaired) electrons. The standard InChI is InChI=1S/C31H50O3/c1-21(2)11-9-12-22(3)23-15-18-28(6)16-10-17-31-24(13-14-25(32)27(31,4)5)29(7,26(33)34-31)19-20-30(23,28)8/h9-12,17,22-26,32-33H,13-16,18-20H2,1-8H3/b12-9+,17-10-/t22-,23-,24?,25+,26?,28-,29-,30-,31-/m1/s1. The van der Waals surface area contributed by atoms with E-state index in [0.717, 1.165) is 32.1 Å². The maximum absolute atomic E-state index is 11.4. The van der Waals surface area contributed by atoms with Crippen LogP contribution in [0, 0.1) is 39.4 Å². The average Bonchev–Trinajstić information content (AvgIpc) is 3.13. The van der Waals surface area contributed by atoms with Gasteiger partial charge in [0, 0.05) is 16.7 Å². The van der Waals surface area contributed by atoms with Gasteiger partial charge >= 0.3 is 0 Å². The van der Waals surface area contributed by atoms with Gasteiger partial charge in [-0.15, -0.1) is 0 Å². The van der Waals surface area contributed by atoms with Crippen LogP contribution in [0.15, 0.2) is 36.0 Å². The molecule has 1 aliphatic heterocycles. The van der Waals surface area contributed by atoms with Crippen LogP contribution in [0.2, 0.25) is 0 Å². The summed E-state index contributed by atoms with van der Waals surface area (Å²) in [5, 5.41) is 22.4. The smallest absolute Gasteiger partial charge is 0.161 e. The van der Waals surface area contributed by atoms with Gasteiger partial charge in [-0.05, 0) is 81.5 Å². The molecule has 1 heterocycles. The Bertz CT molecular complexity index is 866. The van der Waals surface area contributed by atoms with Crippen molar-refractivity contribution in [2.24, 2.45) is 39.4 Å². The molecule has 2 bridgehead atoms. The number of rotatable bonds is 3. The van der Waals surface area contributed by atoms with Crippen LogP contribution >= 0.6 is 0 Å². The van der Waals surface area contributed by atoms with E-state index in [0.29, 0.717) is 11.8 Å². The Morgan fingerprint density at radius 1 is 1.00 bits per heavy atom.